The van der Waals surface area contributed by atoms with Gasteiger partial charge in [-0.05, 0) is 47.9 Å². The molecule has 0 radical (unpaired) electrons. The fraction of sp³-hybridized carbons (Fsp3) is 0.257. The molecule has 0 saturated carbocycles. The van der Waals surface area contributed by atoms with Crippen molar-refractivity contribution in [2.24, 2.45) is 0 Å². The molecule has 46 heavy (non-hydrogen) atoms. The summed E-state index contributed by atoms with van der Waals surface area (Å²) in [6, 6.07) is 28.0. The topological polar surface area (TPSA) is 86.8 Å². The van der Waals surface area contributed by atoms with Crippen LogP contribution in [0.2, 0.25) is 0 Å². The van der Waals surface area contributed by atoms with E-state index in [9.17, 15) is 31.2 Å². The average molecular weight is 652 g/mol. The van der Waals surface area contributed by atoms with E-state index in [1.807, 2.05) is 37.3 Å². The molecule has 0 spiro atoms. The molecule has 242 valence electrons. The Hall–Kier alpha value is -4.64. The second-order valence-electron chi connectivity index (χ2n) is 10.7. The van der Waals surface area contributed by atoms with Crippen LogP contribution in [-0.2, 0) is 38.8 Å². The van der Waals surface area contributed by atoms with Gasteiger partial charge in [0.05, 0.1) is 16.1 Å². The minimum Gasteiger partial charge on any atom is -0.354 e. The van der Waals surface area contributed by atoms with Crippen molar-refractivity contribution in [3.63, 3.8) is 0 Å². The summed E-state index contributed by atoms with van der Waals surface area (Å²) in [6.45, 7) is 1.47. The van der Waals surface area contributed by atoms with Crippen molar-refractivity contribution in [2.45, 2.75) is 49.8 Å². The molecule has 2 amide bonds. The highest BCUT2D eigenvalue weighted by Gasteiger charge is 2.36. The molecule has 0 fully saturated rings. The largest absolute Gasteiger partial charge is 0.416 e. The summed E-state index contributed by atoms with van der Waals surface area (Å²) in [5, 5.41) is 2.90. The van der Waals surface area contributed by atoms with Crippen LogP contribution in [0, 0.1) is 0 Å². The first-order valence-corrected chi connectivity index (χ1v) is 16.3. The number of nitrogens with zero attached hydrogens (tertiary/aromatic N) is 2. The number of carbonyl (C=O) groups excluding carboxylic acids is 2. The maximum absolute atomic E-state index is 14.4. The summed E-state index contributed by atoms with van der Waals surface area (Å²) in [7, 11) is -4.52. The molecule has 1 N–H and O–H groups in total. The lowest BCUT2D eigenvalue weighted by molar-refractivity contribution is -0.140. The molecule has 11 heteroatoms. The highest BCUT2D eigenvalue weighted by Crippen LogP contribution is 2.33. The molecule has 0 heterocycles. The Bertz CT molecular complexity index is 1690. The minimum atomic E-state index is -4.75. The van der Waals surface area contributed by atoms with Crippen molar-refractivity contribution in [1.82, 2.24) is 10.2 Å². The molecule has 7 nitrogen and oxygen atoms in total. The average Bonchev–Trinajstić information content (AvgIpc) is 3.06. The third-order valence-corrected chi connectivity index (χ3v) is 9.16. The van der Waals surface area contributed by atoms with Gasteiger partial charge in [0.25, 0.3) is 10.0 Å². The van der Waals surface area contributed by atoms with Gasteiger partial charge in [-0.3, -0.25) is 13.9 Å². The van der Waals surface area contributed by atoms with Gasteiger partial charge in [-0.2, -0.15) is 13.2 Å². The number of sulfonamides is 1. The summed E-state index contributed by atoms with van der Waals surface area (Å²) in [5.74, 6) is -1.18. The summed E-state index contributed by atoms with van der Waals surface area (Å²) in [6.07, 6.45) is -3.07. The quantitative estimate of drug-likeness (QED) is 0.159. The van der Waals surface area contributed by atoms with Crippen LogP contribution in [0.3, 0.4) is 0 Å². The van der Waals surface area contributed by atoms with Gasteiger partial charge in [-0.25, -0.2) is 8.42 Å². The molecule has 0 saturated heterocycles. The predicted octanol–water partition coefficient (Wildman–Crippen LogP) is 6.46. The van der Waals surface area contributed by atoms with E-state index < -0.39 is 46.2 Å². The highest BCUT2D eigenvalue weighted by molar-refractivity contribution is 7.92. The fourth-order valence-corrected chi connectivity index (χ4v) is 6.35. The van der Waals surface area contributed by atoms with Crippen LogP contribution in [0.1, 0.15) is 36.5 Å². The van der Waals surface area contributed by atoms with Crippen LogP contribution in [0.4, 0.5) is 18.9 Å². The fourth-order valence-electron chi connectivity index (χ4n) is 4.93. The first kappa shape index (κ1) is 34.2. The van der Waals surface area contributed by atoms with Crippen molar-refractivity contribution >= 4 is 27.5 Å². The summed E-state index contributed by atoms with van der Waals surface area (Å²) < 4.78 is 69.8. The Morgan fingerprint density at radius 2 is 1.39 bits per heavy atom. The molecule has 0 aliphatic rings. The van der Waals surface area contributed by atoms with E-state index in [0.29, 0.717) is 22.5 Å². The molecule has 0 aromatic heterocycles. The van der Waals surface area contributed by atoms with Crippen LogP contribution >= 0.6 is 0 Å². The summed E-state index contributed by atoms with van der Waals surface area (Å²) in [4.78, 5) is 29.2. The smallest absolute Gasteiger partial charge is 0.354 e. The van der Waals surface area contributed by atoms with Gasteiger partial charge >= 0.3 is 6.18 Å². The van der Waals surface area contributed by atoms with Gasteiger partial charge in [0.15, 0.2) is 0 Å². The van der Waals surface area contributed by atoms with Gasteiger partial charge in [-0.15, -0.1) is 0 Å². The minimum absolute atomic E-state index is 0.0415. The van der Waals surface area contributed by atoms with Gasteiger partial charge in [0.2, 0.25) is 11.8 Å². The summed E-state index contributed by atoms with van der Waals surface area (Å²) >= 11 is 0. The highest BCUT2D eigenvalue weighted by atomic mass is 32.2. The lowest BCUT2D eigenvalue weighted by Gasteiger charge is -2.34. The van der Waals surface area contributed by atoms with Crippen LogP contribution in [-0.4, -0.2) is 44.3 Å². The number of halogens is 3. The van der Waals surface area contributed by atoms with E-state index in [0.717, 1.165) is 30.5 Å². The van der Waals surface area contributed by atoms with Crippen molar-refractivity contribution < 1.29 is 31.2 Å². The first-order valence-electron chi connectivity index (χ1n) is 14.9. The van der Waals surface area contributed by atoms with E-state index in [4.69, 9.17) is 0 Å². The Kier molecular flexibility index (Phi) is 11.6. The van der Waals surface area contributed by atoms with Crippen molar-refractivity contribution in [1.29, 1.82) is 0 Å². The Morgan fingerprint density at radius 3 is 1.98 bits per heavy atom. The second-order valence-corrected chi connectivity index (χ2v) is 12.6. The van der Waals surface area contributed by atoms with E-state index in [-0.39, 0.29) is 23.5 Å². The molecule has 4 aromatic rings. The molecule has 4 rings (SSSR count). The van der Waals surface area contributed by atoms with Crippen LogP contribution in [0.15, 0.2) is 120 Å². The monoisotopic (exact) mass is 651 g/mol. The van der Waals surface area contributed by atoms with Crippen LogP contribution in [0.5, 0.6) is 0 Å². The second kappa shape index (κ2) is 15.6. The maximum Gasteiger partial charge on any atom is 0.416 e. The number of alkyl halides is 3. The summed E-state index contributed by atoms with van der Waals surface area (Å²) in [5.41, 5.74) is 0.0604. The van der Waals surface area contributed by atoms with Crippen molar-refractivity contribution in [3.8, 4) is 0 Å². The number of carbonyl (C=O) groups is 2. The van der Waals surface area contributed by atoms with Gasteiger partial charge in [0.1, 0.15) is 12.6 Å². The Morgan fingerprint density at radius 1 is 0.804 bits per heavy atom. The standard InChI is InChI=1S/C35H36F3N3O4S/c1-2-3-22-39-34(43)32(23-27-14-7-4-8-15-27)40(25-28-16-9-5-10-17-28)33(42)26-41(46(44,45)31-20-11-6-12-21-31)30-19-13-18-29(24-30)35(36,37)38/h4-21,24,32H,2-3,22-23,25-26H2,1H3,(H,39,43)/t32-/m0/s1. The number of benzene rings is 4. The van der Waals surface area contributed by atoms with E-state index in [1.54, 1.807) is 36.4 Å². The zero-order valence-corrected chi connectivity index (χ0v) is 26.2. The number of unbranched alkanes of at least 4 members (excludes halogenated alkanes) is 1. The number of rotatable bonds is 14. The van der Waals surface area contributed by atoms with E-state index >= 15 is 0 Å². The normalized spacial score (nSPS) is 12.3. The maximum atomic E-state index is 14.4. The molecule has 0 bridgehead atoms. The number of anilines is 1. The van der Waals surface area contributed by atoms with Crippen molar-refractivity contribution in [3.05, 3.63) is 132 Å². The molecule has 0 aliphatic carbocycles. The number of hydrogen-bond acceptors (Lipinski definition) is 4. The number of hydrogen-bond donors (Lipinski definition) is 1. The molecule has 0 aliphatic heterocycles. The van der Waals surface area contributed by atoms with Gasteiger partial charge in [0, 0.05) is 19.5 Å². The zero-order valence-electron chi connectivity index (χ0n) is 25.4. The molecular formula is C35H36F3N3O4S. The van der Waals surface area contributed by atoms with E-state index in [2.05, 4.69) is 5.32 Å². The molecular weight excluding hydrogens is 615 g/mol. The molecule has 0 unspecified atom stereocenters. The Balaban J connectivity index is 1.81. The van der Waals surface area contributed by atoms with E-state index in [1.165, 1.54) is 35.2 Å². The first-order chi connectivity index (χ1) is 22.0. The third-order valence-electron chi connectivity index (χ3n) is 7.37. The van der Waals surface area contributed by atoms with Crippen molar-refractivity contribution in [2.75, 3.05) is 17.4 Å². The van der Waals surface area contributed by atoms with Gasteiger partial charge in [-0.1, -0.05) is 98.3 Å². The number of nitrogens with one attached hydrogen (secondary N) is 1. The SMILES string of the molecule is CCCCNC(=O)[C@H](Cc1ccccc1)N(Cc1ccccc1)C(=O)CN(c1cccc(C(F)(F)F)c1)S(=O)(=O)c1ccccc1. The lowest BCUT2D eigenvalue weighted by Crippen LogP contribution is -2.53. The number of amides is 2. The Labute approximate surface area is 267 Å². The van der Waals surface area contributed by atoms with Crippen LogP contribution < -0.4 is 9.62 Å². The van der Waals surface area contributed by atoms with Crippen LogP contribution in [0.25, 0.3) is 0 Å². The zero-order chi connectivity index (χ0) is 33.2. The third kappa shape index (κ3) is 8.97. The lowest BCUT2D eigenvalue weighted by atomic mass is 10.0. The molecule has 4 aromatic carbocycles. The molecule has 1 atom stereocenters. The van der Waals surface area contributed by atoms with Gasteiger partial charge < -0.3 is 10.2 Å². The predicted molar refractivity (Wildman–Crippen MR) is 171 cm³/mol.